The van der Waals surface area contributed by atoms with Crippen LogP contribution in [0, 0.1) is 11.7 Å². The highest BCUT2D eigenvalue weighted by molar-refractivity contribution is 8.13. The number of hydrogen-bond donors (Lipinski definition) is 2. The van der Waals surface area contributed by atoms with Crippen LogP contribution in [0.4, 0.5) is 10.1 Å². The van der Waals surface area contributed by atoms with Gasteiger partial charge < -0.3 is 11.1 Å². The number of nitrogens with one attached hydrogen (secondary N) is 1. The van der Waals surface area contributed by atoms with Gasteiger partial charge in [-0.05, 0) is 30.3 Å². The van der Waals surface area contributed by atoms with Crippen LogP contribution in [0.1, 0.15) is 29.8 Å². The molecule has 1 amide bonds. The van der Waals surface area contributed by atoms with E-state index in [1.54, 1.807) is 24.3 Å². The number of anilines is 1. The van der Waals surface area contributed by atoms with Crippen LogP contribution in [-0.4, -0.2) is 41.4 Å². The number of nitrogen functional groups attached to an aromatic ring is 1. The first-order valence-electron chi connectivity index (χ1n) is 10.5. The molecule has 2 aliphatic heterocycles. The van der Waals surface area contributed by atoms with Gasteiger partial charge in [0.05, 0.1) is 0 Å². The number of carbonyl (C=O) groups is 1. The van der Waals surface area contributed by atoms with E-state index < -0.39 is 5.54 Å². The molecule has 2 aliphatic rings. The van der Waals surface area contributed by atoms with Gasteiger partial charge in [0.25, 0.3) is 5.91 Å². The predicted molar refractivity (Wildman–Crippen MR) is 128 cm³/mol. The fourth-order valence-electron chi connectivity index (χ4n) is 4.09. The molecular formula is C24H29FN4OS. The molecule has 0 aliphatic carbocycles. The van der Waals surface area contributed by atoms with Gasteiger partial charge in [0.2, 0.25) is 0 Å². The Balaban J connectivity index is 0.00000132. The summed E-state index contributed by atoms with van der Waals surface area (Å²) in [5, 5.41) is 3.42. The Labute approximate surface area is 187 Å². The molecule has 2 unspecified atom stereocenters. The first kappa shape index (κ1) is 23.0. The Morgan fingerprint density at radius 1 is 1.35 bits per heavy atom. The first-order valence-corrected chi connectivity index (χ1v) is 11.5. The monoisotopic (exact) mass is 440 g/mol. The van der Waals surface area contributed by atoms with Gasteiger partial charge in [-0.15, -0.1) is 6.58 Å². The highest BCUT2D eigenvalue weighted by Crippen LogP contribution is 2.46. The lowest BCUT2D eigenvalue weighted by Crippen LogP contribution is -2.43. The molecule has 7 heteroatoms. The van der Waals surface area contributed by atoms with Gasteiger partial charge in [-0.1, -0.05) is 49.9 Å². The fourth-order valence-corrected chi connectivity index (χ4v) is 5.22. The lowest BCUT2D eigenvalue weighted by Gasteiger charge is -2.36. The number of benzene rings is 2. The predicted octanol–water partition coefficient (Wildman–Crippen LogP) is 4.28. The van der Waals surface area contributed by atoms with E-state index in [-0.39, 0.29) is 17.6 Å². The van der Waals surface area contributed by atoms with E-state index >= 15 is 0 Å². The molecule has 0 aromatic heterocycles. The maximum atomic E-state index is 14.9. The summed E-state index contributed by atoms with van der Waals surface area (Å²) in [6.07, 6.45) is 1.84. The van der Waals surface area contributed by atoms with Crippen LogP contribution in [-0.2, 0) is 5.54 Å². The summed E-state index contributed by atoms with van der Waals surface area (Å²) >= 11 is 1.50. The fraction of sp³-hybridized carbons (Fsp3) is 0.333. The number of hydrogen-bond acceptors (Lipinski definition) is 5. The Kier molecular flexibility index (Phi) is 7.51. The molecule has 2 heterocycles. The van der Waals surface area contributed by atoms with Gasteiger partial charge in [-0.2, -0.15) is 0 Å². The molecule has 0 spiro atoms. The van der Waals surface area contributed by atoms with Crippen molar-refractivity contribution in [3.8, 4) is 0 Å². The van der Waals surface area contributed by atoms with Gasteiger partial charge in [0, 0.05) is 48.1 Å². The van der Waals surface area contributed by atoms with Gasteiger partial charge >= 0.3 is 0 Å². The van der Waals surface area contributed by atoms with Crippen molar-refractivity contribution >= 4 is 28.5 Å². The number of amides is 1. The van der Waals surface area contributed by atoms with Crippen LogP contribution in [0.3, 0.4) is 0 Å². The van der Waals surface area contributed by atoms with Gasteiger partial charge in [0.15, 0.2) is 5.17 Å². The topological polar surface area (TPSA) is 70.7 Å². The third-order valence-corrected chi connectivity index (χ3v) is 6.48. The maximum Gasteiger partial charge on any atom is 0.257 e. The zero-order valence-electron chi connectivity index (χ0n) is 18.0. The number of likely N-dealkylation sites (tertiary alicyclic amines) is 1. The molecule has 0 bridgehead atoms. The normalized spacial score (nSPS) is 22.5. The van der Waals surface area contributed by atoms with E-state index in [1.807, 2.05) is 38.1 Å². The van der Waals surface area contributed by atoms with Gasteiger partial charge in [-0.3, -0.25) is 9.69 Å². The second-order valence-electron chi connectivity index (χ2n) is 7.39. The molecule has 1 fully saturated rings. The summed E-state index contributed by atoms with van der Waals surface area (Å²) in [6.45, 7) is 9.86. The number of halogens is 1. The molecular weight excluding hydrogens is 411 g/mol. The third kappa shape index (κ3) is 4.83. The van der Waals surface area contributed by atoms with Gasteiger partial charge in [-0.25, -0.2) is 9.38 Å². The quantitative estimate of drug-likeness (QED) is 0.550. The van der Waals surface area contributed by atoms with Crippen LogP contribution in [0.5, 0.6) is 0 Å². The van der Waals surface area contributed by atoms with E-state index in [9.17, 15) is 9.18 Å². The molecule has 2 aromatic carbocycles. The van der Waals surface area contributed by atoms with Crippen LogP contribution < -0.4 is 11.1 Å². The Bertz CT molecular complexity index is 965. The van der Waals surface area contributed by atoms with Crippen molar-refractivity contribution in [2.75, 3.05) is 31.1 Å². The molecule has 4 rings (SSSR count). The molecule has 31 heavy (non-hydrogen) atoms. The van der Waals surface area contributed by atoms with Crippen molar-refractivity contribution in [3.05, 3.63) is 78.1 Å². The summed E-state index contributed by atoms with van der Waals surface area (Å²) in [7, 11) is 0. The SMILES string of the molecule is C=CCN1CC2CSC(NC(=O)c3ccccc3)=NC2(c2cc(N)ccc2F)C1.CC. The number of rotatable bonds is 4. The minimum atomic E-state index is -0.785. The second kappa shape index (κ2) is 10.1. The summed E-state index contributed by atoms with van der Waals surface area (Å²) < 4.78 is 14.9. The third-order valence-electron chi connectivity index (χ3n) is 5.44. The number of aliphatic imine (C=N–C) groups is 1. The molecule has 5 nitrogen and oxygen atoms in total. The number of nitrogens with two attached hydrogens (primary N) is 1. The molecule has 0 saturated carbocycles. The number of nitrogens with zero attached hydrogens (tertiary/aromatic N) is 2. The highest BCUT2D eigenvalue weighted by atomic mass is 32.2. The summed E-state index contributed by atoms with van der Waals surface area (Å²) in [5.74, 6) is 0.296. The van der Waals surface area contributed by atoms with E-state index in [2.05, 4.69) is 16.8 Å². The van der Waals surface area contributed by atoms with Crippen LogP contribution >= 0.6 is 11.8 Å². The van der Waals surface area contributed by atoms with Crippen molar-refractivity contribution < 1.29 is 9.18 Å². The largest absolute Gasteiger partial charge is 0.399 e. The smallest absolute Gasteiger partial charge is 0.257 e. The van der Waals surface area contributed by atoms with E-state index in [0.29, 0.717) is 35.1 Å². The van der Waals surface area contributed by atoms with Crippen molar-refractivity contribution in [1.82, 2.24) is 10.2 Å². The van der Waals surface area contributed by atoms with Crippen molar-refractivity contribution in [3.63, 3.8) is 0 Å². The average molecular weight is 441 g/mol. The molecule has 1 saturated heterocycles. The Morgan fingerprint density at radius 3 is 2.81 bits per heavy atom. The van der Waals surface area contributed by atoms with Crippen LogP contribution in [0.25, 0.3) is 0 Å². The van der Waals surface area contributed by atoms with Crippen molar-refractivity contribution in [2.24, 2.45) is 10.9 Å². The Morgan fingerprint density at radius 2 is 2.10 bits per heavy atom. The van der Waals surface area contributed by atoms with E-state index in [0.717, 1.165) is 12.3 Å². The molecule has 2 aromatic rings. The second-order valence-corrected chi connectivity index (χ2v) is 8.40. The number of amidine groups is 1. The Hall–Kier alpha value is -2.64. The van der Waals surface area contributed by atoms with Crippen LogP contribution in [0.15, 0.2) is 66.2 Å². The lowest BCUT2D eigenvalue weighted by molar-refractivity contribution is 0.0977. The minimum Gasteiger partial charge on any atom is -0.399 e. The molecule has 0 radical (unpaired) electrons. The number of carbonyl (C=O) groups excluding carboxylic acids is 1. The minimum absolute atomic E-state index is 0.112. The number of fused-ring (bicyclic) bond motifs is 1. The van der Waals surface area contributed by atoms with Crippen molar-refractivity contribution in [1.29, 1.82) is 0 Å². The van der Waals surface area contributed by atoms with Crippen molar-refractivity contribution in [2.45, 2.75) is 19.4 Å². The maximum absolute atomic E-state index is 14.9. The van der Waals surface area contributed by atoms with Gasteiger partial charge in [0.1, 0.15) is 11.4 Å². The standard InChI is InChI=1S/C22H23FN4OS.C2H6/c1-2-10-27-12-16-13-29-21(25-20(28)15-6-4-3-5-7-15)26-22(16,14-27)18-11-17(24)8-9-19(18)23;1-2/h2-9,11,16H,1,10,12-14,24H2,(H,25,26,28);1-2H3. The van der Waals surface area contributed by atoms with E-state index in [4.69, 9.17) is 10.7 Å². The lowest BCUT2D eigenvalue weighted by atomic mass is 9.81. The van der Waals surface area contributed by atoms with E-state index in [1.165, 1.54) is 17.8 Å². The highest BCUT2D eigenvalue weighted by Gasteiger charge is 2.51. The average Bonchev–Trinajstić information content (AvgIpc) is 3.16. The summed E-state index contributed by atoms with van der Waals surface area (Å²) in [5.41, 5.74) is 6.74. The molecule has 2 atom stereocenters. The molecule has 164 valence electrons. The zero-order valence-corrected chi connectivity index (χ0v) is 18.8. The number of thioether (sulfide) groups is 1. The first-order chi connectivity index (χ1) is 15.0. The summed E-state index contributed by atoms with van der Waals surface area (Å²) in [4.78, 5) is 19.7. The van der Waals surface area contributed by atoms with Crippen LogP contribution in [0.2, 0.25) is 0 Å². The molecule has 3 N–H and O–H groups in total. The zero-order chi connectivity index (χ0) is 22.4. The summed E-state index contributed by atoms with van der Waals surface area (Å²) in [6, 6.07) is 13.6.